The van der Waals surface area contributed by atoms with Gasteiger partial charge in [0.05, 0.1) is 12.7 Å². The van der Waals surface area contributed by atoms with E-state index in [1.54, 1.807) is 0 Å². The van der Waals surface area contributed by atoms with Crippen LogP contribution in [0, 0.1) is 0 Å². The van der Waals surface area contributed by atoms with Gasteiger partial charge in [-0.25, -0.2) is 0 Å². The van der Waals surface area contributed by atoms with Gasteiger partial charge >= 0.3 is 0 Å². The molecule has 1 saturated carbocycles. The van der Waals surface area contributed by atoms with Crippen LogP contribution in [0.15, 0.2) is 12.7 Å². The van der Waals surface area contributed by atoms with E-state index in [1.165, 1.54) is 19.3 Å². The highest BCUT2D eigenvalue weighted by Crippen LogP contribution is 2.38. The highest BCUT2D eigenvalue weighted by molar-refractivity contribution is 4.86. The molecule has 0 radical (unpaired) electrons. The zero-order valence-corrected chi connectivity index (χ0v) is 9.86. The molecule has 92 valence electrons. The van der Waals surface area contributed by atoms with Crippen LogP contribution < -0.4 is 0 Å². The van der Waals surface area contributed by atoms with Crippen LogP contribution in [0.5, 0.6) is 0 Å². The second kappa shape index (κ2) is 5.30. The van der Waals surface area contributed by atoms with Crippen LogP contribution in [0.25, 0.3) is 0 Å². The minimum absolute atomic E-state index is 0.141. The molecular weight excluding hydrogens is 204 g/mol. The first-order valence-electron chi connectivity index (χ1n) is 6.36. The van der Waals surface area contributed by atoms with E-state index in [1.807, 2.05) is 6.08 Å². The zero-order chi connectivity index (χ0) is 11.4. The molecule has 0 unspecified atom stereocenters. The second-order valence-corrected chi connectivity index (χ2v) is 4.87. The maximum absolute atomic E-state index is 9.94. The number of hydrogen-bond acceptors (Lipinski definition) is 3. The van der Waals surface area contributed by atoms with Crippen molar-refractivity contribution in [3.8, 4) is 0 Å². The van der Waals surface area contributed by atoms with E-state index in [4.69, 9.17) is 9.47 Å². The topological polar surface area (TPSA) is 38.7 Å². The number of aliphatic hydroxyl groups is 1. The van der Waals surface area contributed by atoms with Crippen molar-refractivity contribution < 1.29 is 14.6 Å². The minimum atomic E-state index is -0.417. The number of rotatable bonds is 4. The van der Waals surface area contributed by atoms with Gasteiger partial charge in [-0.05, 0) is 25.7 Å². The smallest absolute Gasteiger partial charge is 0.169 e. The second-order valence-electron chi connectivity index (χ2n) is 4.87. The van der Waals surface area contributed by atoms with Crippen molar-refractivity contribution in [3.63, 3.8) is 0 Å². The monoisotopic (exact) mass is 226 g/mol. The lowest BCUT2D eigenvalue weighted by molar-refractivity contribution is -0.195. The van der Waals surface area contributed by atoms with Gasteiger partial charge in [0, 0.05) is 12.8 Å². The van der Waals surface area contributed by atoms with Gasteiger partial charge in [0.15, 0.2) is 5.79 Å². The molecule has 1 heterocycles. The van der Waals surface area contributed by atoms with Crippen LogP contribution in [0.2, 0.25) is 0 Å². The Bertz CT molecular complexity index is 233. The Balaban J connectivity index is 1.84. The summed E-state index contributed by atoms with van der Waals surface area (Å²) in [5, 5.41) is 9.94. The first kappa shape index (κ1) is 12.1. The van der Waals surface area contributed by atoms with E-state index in [2.05, 4.69) is 6.58 Å². The van der Waals surface area contributed by atoms with Gasteiger partial charge in [-0.3, -0.25) is 0 Å². The molecule has 16 heavy (non-hydrogen) atoms. The number of allylic oxidation sites excluding steroid dienone is 1. The van der Waals surface area contributed by atoms with Gasteiger partial charge in [0.25, 0.3) is 0 Å². The molecule has 2 fully saturated rings. The predicted octanol–water partition coefficient (Wildman–Crippen LogP) is 2.39. The summed E-state index contributed by atoms with van der Waals surface area (Å²) in [6, 6.07) is 0. The van der Waals surface area contributed by atoms with E-state index < -0.39 is 6.10 Å². The molecule has 0 aromatic rings. The molecule has 0 aromatic carbocycles. The first-order chi connectivity index (χ1) is 7.76. The standard InChI is InChI=1S/C13H22O3/c1-2-3-7-11(14)12-10-15-13(16-12)8-5-4-6-9-13/h2,11-12,14H,1,3-10H2/t11-,12+/m0/s1. The third-order valence-corrected chi connectivity index (χ3v) is 3.59. The molecule has 2 rings (SSSR count). The van der Waals surface area contributed by atoms with Crippen molar-refractivity contribution in [2.45, 2.75) is 62.9 Å². The summed E-state index contributed by atoms with van der Waals surface area (Å²) in [4.78, 5) is 0. The Morgan fingerprint density at radius 2 is 2.12 bits per heavy atom. The van der Waals surface area contributed by atoms with Crippen LogP contribution in [0.4, 0.5) is 0 Å². The molecule has 1 spiro atoms. The highest BCUT2D eigenvalue weighted by atomic mass is 16.7. The molecule has 0 aromatic heterocycles. The third kappa shape index (κ3) is 2.65. The van der Waals surface area contributed by atoms with Crippen LogP contribution in [-0.4, -0.2) is 29.7 Å². The van der Waals surface area contributed by atoms with Gasteiger partial charge in [-0.15, -0.1) is 6.58 Å². The fourth-order valence-corrected chi connectivity index (χ4v) is 2.59. The summed E-state index contributed by atoms with van der Waals surface area (Å²) >= 11 is 0. The van der Waals surface area contributed by atoms with Crippen molar-refractivity contribution in [2.24, 2.45) is 0 Å². The average Bonchev–Trinajstić information content (AvgIpc) is 2.71. The lowest BCUT2D eigenvalue weighted by Gasteiger charge is -2.32. The Hall–Kier alpha value is -0.380. The fourth-order valence-electron chi connectivity index (χ4n) is 2.59. The number of ether oxygens (including phenoxy) is 2. The molecule has 1 aliphatic carbocycles. The van der Waals surface area contributed by atoms with Crippen molar-refractivity contribution in [1.29, 1.82) is 0 Å². The van der Waals surface area contributed by atoms with Gasteiger partial charge in [0.2, 0.25) is 0 Å². The van der Waals surface area contributed by atoms with E-state index in [-0.39, 0.29) is 11.9 Å². The predicted molar refractivity (Wildman–Crippen MR) is 62.1 cm³/mol. The molecular formula is C13H22O3. The summed E-state index contributed by atoms with van der Waals surface area (Å²) in [7, 11) is 0. The summed E-state index contributed by atoms with van der Waals surface area (Å²) in [6.07, 6.45) is 8.41. The molecule has 1 aliphatic heterocycles. The number of hydrogen-bond donors (Lipinski definition) is 1. The molecule has 0 bridgehead atoms. The fraction of sp³-hybridized carbons (Fsp3) is 0.846. The van der Waals surface area contributed by atoms with Crippen molar-refractivity contribution in [2.75, 3.05) is 6.61 Å². The summed E-state index contributed by atoms with van der Waals surface area (Å²) in [5.74, 6) is -0.363. The minimum Gasteiger partial charge on any atom is -0.390 e. The van der Waals surface area contributed by atoms with Crippen molar-refractivity contribution >= 4 is 0 Å². The van der Waals surface area contributed by atoms with Crippen molar-refractivity contribution in [1.82, 2.24) is 0 Å². The normalized spacial score (nSPS) is 30.4. The maximum Gasteiger partial charge on any atom is 0.169 e. The molecule has 1 N–H and O–H groups in total. The lowest BCUT2D eigenvalue weighted by Crippen LogP contribution is -2.35. The van der Waals surface area contributed by atoms with Gasteiger partial charge in [-0.1, -0.05) is 12.5 Å². The molecule has 2 atom stereocenters. The summed E-state index contributed by atoms with van der Waals surface area (Å²) in [6.45, 7) is 4.20. The van der Waals surface area contributed by atoms with Gasteiger partial charge in [-0.2, -0.15) is 0 Å². The Morgan fingerprint density at radius 3 is 2.81 bits per heavy atom. The molecule has 1 saturated heterocycles. The third-order valence-electron chi connectivity index (χ3n) is 3.59. The maximum atomic E-state index is 9.94. The molecule has 0 amide bonds. The lowest BCUT2D eigenvalue weighted by atomic mass is 9.94. The van der Waals surface area contributed by atoms with Crippen LogP contribution in [0.1, 0.15) is 44.9 Å². The molecule has 2 aliphatic rings. The van der Waals surface area contributed by atoms with Crippen molar-refractivity contribution in [3.05, 3.63) is 12.7 Å². The Kier molecular flexibility index (Phi) is 4.00. The molecule has 3 heteroatoms. The largest absolute Gasteiger partial charge is 0.390 e. The van der Waals surface area contributed by atoms with Crippen LogP contribution in [0.3, 0.4) is 0 Å². The van der Waals surface area contributed by atoms with E-state index in [0.717, 1.165) is 19.3 Å². The van der Waals surface area contributed by atoms with Crippen LogP contribution in [-0.2, 0) is 9.47 Å². The quantitative estimate of drug-likeness (QED) is 0.748. The van der Waals surface area contributed by atoms with Gasteiger partial charge in [0.1, 0.15) is 6.10 Å². The van der Waals surface area contributed by atoms with E-state index in [9.17, 15) is 5.11 Å². The number of aliphatic hydroxyl groups excluding tert-OH is 1. The Morgan fingerprint density at radius 1 is 1.38 bits per heavy atom. The Labute approximate surface area is 97.4 Å². The summed E-state index contributed by atoms with van der Waals surface area (Å²) in [5.41, 5.74) is 0. The first-order valence-corrected chi connectivity index (χ1v) is 6.36. The zero-order valence-electron chi connectivity index (χ0n) is 9.86. The highest BCUT2D eigenvalue weighted by Gasteiger charge is 2.44. The van der Waals surface area contributed by atoms with E-state index >= 15 is 0 Å². The van der Waals surface area contributed by atoms with Gasteiger partial charge < -0.3 is 14.6 Å². The average molecular weight is 226 g/mol. The van der Waals surface area contributed by atoms with Crippen LogP contribution >= 0.6 is 0 Å². The van der Waals surface area contributed by atoms with E-state index in [0.29, 0.717) is 13.0 Å². The SMILES string of the molecule is C=CCC[C@H](O)[C@H]1COC2(CCCCC2)O1. The summed E-state index contributed by atoms with van der Waals surface area (Å²) < 4.78 is 11.7. The molecule has 3 nitrogen and oxygen atoms in total.